The SMILES string of the molecule is C.CCOC(=O)c1cnc(SC)nc1Cl.CCOC(=O)c1cnc(SC)nc1Nc1ccc(F)c(-n2nccn2)c1.N=CC=N.NC(=O)c1cnc(N[C@@H]2CCCC[C@@H]2N)nc1Nc1ccc(F)c(-n2nccn2)c1.Nc1ccc(F)c(-n2ccnn2)c1.Nc1ccc(F)c(-n2nccn2)c1.Nc1ccc(F)c(Br)c1.Nc1ccc(F)c(N)c1.c1cn[nH]n1. The predicted octanol–water partition coefficient (Wildman–Crippen LogP) is 12.5. The Morgan fingerprint density at radius 1 is 0.548 bits per heavy atom. The molecule has 0 aliphatic heterocycles. The Morgan fingerprint density at radius 2 is 0.976 bits per heavy atom. The van der Waals surface area contributed by atoms with Crippen molar-refractivity contribution < 1.29 is 50.2 Å². The number of amides is 1. The summed E-state index contributed by atoms with van der Waals surface area (Å²) in [6.45, 7) is 3.97. The second-order valence-corrected chi connectivity index (χ2v) is 26.7. The number of aromatic nitrogens is 21. The van der Waals surface area contributed by atoms with Crippen molar-refractivity contribution in [3.63, 3.8) is 0 Å². The number of esters is 2. The van der Waals surface area contributed by atoms with Gasteiger partial charge in [-0.05, 0) is 164 Å². The van der Waals surface area contributed by atoms with Gasteiger partial charge < -0.3 is 76.4 Å². The number of thioether (sulfide) groups is 2. The Labute approximate surface area is 725 Å². The van der Waals surface area contributed by atoms with Gasteiger partial charge in [0.15, 0.2) is 27.8 Å². The van der Waals surface area contributed by atoms with Crippen molar-refractivity contribution in [3.05, 3.63) is 251 Å². The maximum Gasteiger partial charge on any atom is 0.343 e. The second kappa shape index (κ2) is 51.1. The summed E-state index contributed by atoms with van der Waals surface area (Å²) >= 11 is 11.5. The predicted molar refractivity (Wildman–Crippen MR) is 464 cm³/mol. The third kappa shape index (κ3) is 31.2. The van der Waals surface area contributed by atoms with Crippen LogP contribution in [0.2, 0.25) is 5.15 Å². The largest absolute Gasteiger partial charge is 0.462 e. The van der Waals surface area contributed by atoms with E-state index in [1.807, 2.05) is 12.5 Å². The molecule has 48 heteroatoms. The normalized spacial score (nSPS) is 11.9. The summed E-state index contributed by atoms with van der Waals surface area (Å²) in [5.41, 5.74) is 42.9. The zero-order valence-electron chi connectivity index (χ0n) is 65.3. The number of benzene rings is 6. The highest BCUT2D eigenvalue weighted by Gasteiger charge is 2.24. The first kappa shape index (κ1) is 98.2. The average Bonchev–Trinajstić information content (AvgIpc) is 1.36. The van der Waals surface area contributed by atoms with E-state index in [4.69, 9.17) is 72.0 Å². The number of aromatic amines is 1. The molecule has 0 spiro atoms. The van der Waals surface area contributed by atoms with E-state index in [2.05, 4.69) is 118 Å². The van der Waals surface area contributed by atoms with Gasteiger partial charge in [-0.2, -0.15) is 51.0 Å². The summed E-state index contributed by atoms with van der Waals surface area (Å²) in [5, 5.41) is 62.5. The van der Waals surface area contributed by atoms with Gasteiger partial charge in [0, 0.05) is 77.2 Å². The zero-order valence-corrected chi connectivity index (χ0v) is 69.3. The number of H-pyrrole nitrogens is 1. The number of anilines is 10. The number of halogens is 8. The van der Waals surface area contributed by atoms with E-state index < -0.39 is 41.1 Å². The van der Waals surface area contributed by atoms with Crippen molar-refractivity contribution in [2.45, 2.75) is 69.4 Å². The number of nitrogen functional groups attached to an aromatic ring is 5. The van der Waals surface area contributed by atoms with Gasteiger partial charge in [-0.25, -0.2) is 65.5 Å². The van der Waals surface area contributed by atoms with Gasteiger partial charge in [0.2, 0.25) is 5.95 Å². The quantitative estimate of drug-likeness (QED) is 0.00721. The minimum absolute atomic E-state index is 0. The lowest BCUT2D eigenvalue weighted by Gasteiger charge is -2.29. The Morgan fingerprint density at radius 3 is 1.40 bits per heavy atom. The van der Waals surface area contributed by atoms with Crippen molar-refractivity contribution in [1.82, 2.24) is 105 Å². The van der Waals surface area contributed by atoms with Crippen LogP contribution in [0.4, 0.5) is 83.7 Å². The average molecular weight is 1830 g/mol. The second-order valence-electron chi connectivity index (χ2n) is 23.9. The lowest BCUT2D eigenvalue weighted by Crippen LogP contribution is -2.43. The van der Waals surface area contributed by atoms with E-state index in [9.17, 15) is 40.7 Å². The van der Waals surface area contributed by atoms with Crippen LogP contribution in [-0.4, -0.2) is 173 Å². The van der Waals surface area contributed by atoms with E-state index in [-0.39, 0.29) is 94.0 Å². The Kier molecular flexibility index (Phi) is 40.5. The van der Waals surface area contributed by atoms with Crippen LogP contribution in [0.1, 0.15) is 78.0 Å². The molecule has 6 aromatic carbocycles. The monoisotopic (exact) mass is 1830 g/mol. The van der Waals surface area contributed by atoms with Crippen LogP contribution in [0, 0.1) is 45.7 Å². The number of carbonyl (C=O) groups is 3. The molecular weight excluding hydrogens is 1750 g/mol. The molecule has 0 saturated heterocycles. The van der Waals surface area contributed by atoms with Crippen LogP contribution in [0.5, 0.6) is 0 Å². The number of nitrogens with two attached hydrogens (primary N) is 7. The molecule has 38 nitrogen and oxygen atoms in total. The summed E-state index contributed by atoms with van der Waals surface area (Å²) < 4.78 is 90.9. The molecule has 0 unspecified atom stereocenters. The van der Waals surface area contributed by atoms with Crippen LogP contribution >= 0.6 is 51.1 Å². The highest BCUT2D eigenvalue weighted by atomic mass is 79.9. The van der Waals surface area contributed by atoms with Gasteiger partial charge in [-0.1, -0.05) is 60.6 Å². The van der Waals surface area contributed by atoms with Crippen LogP contribution < -0.4 is 56.1 Å². The van der Waals surface area contributed by atoms with Crippen molar-refractivity contribution in [2.75, 3.05) is 70.3 Å². The van der Waals surface area contributed by atoms with Crippen molar-refractivity contribution in [1.29, 1.82) is 10.8 Å². The highest BCUT2D eigenvalue weighted by Crippen LogP contribution is 2.29. The third-order valence-corrected chi connectivity index (χ3v) is 17.4. The fourth-order valence-electron chi connectivity index (χ4n) is 9.69. The van der Waals surface area contributed by atoms with Gasteiger partial charge >= 0.3 is 11.9 Å². The molecule has 2 atom stereocenters. The summed E-state index contributed by atoms with van der Waals surface area (Å²) in [6.07, 6.45) is 28.6. The van der Waals surface area contributed by atoms with Crippen LogP contribution in [-0.2, 0) is 9.47 Å². The molecule has 8 heterocycles. The lowest BCUT2D eigenvalue weighted by atomic mass is 9.91. The first-order valence-corrected chi connectivity index (χ1v) is 39.3. The number of nitrogens with zero attached hydrogens (tertiary/aromatic N) is 20. The van der Waals surface area contributed by atoms with Gasteiger partial charge in [0.1, 0.15) is 73.7 Å². The first-order valence-electron chi connectivity index (χ1n) is 35.7. The minimum atomic E-state index is -0.686. The maximum absolute atomic E-state index is 14.2. The topological polar surface area (TPSA) is 577 Å². The van der Waals surface area contributed by atoms with Gasteiger partial charge in [-0.3, -0.25) is 4.79 Å². The van der Waals surface area contributed by atoms with Gasteiger partial charge in [0.05, 0.1) is 85.3 Å². The highest BCUT2D eigenvalue weighted by molar-refractivity contribution is 9.10. The summed E-state index contributed by atoms with van der Waals surface area (Å²) in [7, 11) is 0. The Balaban J connectivity index is 0.000000228. The standard InChI is InChI=1S/C19H22FN9O.C16H15FN6O2S.C8H9ClN2O2S.2C8H7FN4.C6H5BrFN.C6H7FN2.C2H3N3.C2H4N2.CH4/c20-13-6-5-11(9-16(13)29-24-7-8-25-29)26-18-12(17(22)30)10-23-19(28-18)27-15-4-2-1-3-14(15)21;1-3-25-15(24)11-9-18-16(26-2)22-14(11)21-10-4-5-12(17)13(8-10)23-19-6-7-20-23;1-3-13-7(12)5-4-10-8(14-2)11-6(5)9;9-7-2-1-6(10)5-8(7)13-4-3-11-12-13;9-7-2-1-6(10)5-8(7)13-11-3-4-12-13;7-5-3-4(9)1-2-6(5)8;7-5-2-1-4(8)3-6(5)9;1-2-4-5-3-1;3-1-2-4;/h5-10,14-15H,1-4,21H2,(H2,22,30)(H2,23,26,27,28);4-9H,3H2,1-2H3,(H,18,21,22);4H,3H2,1-2H3;2*1-5H,10H2;1-3H,9H2;1-3H,8-9H2;1-2H,(H,3,4,5);1-4H;1H4/t14-,15+;;;;;;;;;/m0........./s1. The summed E-state index contributed by atoms with van der Waals surface area (Å²) in [4.78, 5) is 63.6. The number of hydrogen-bond donors (Lipinski definition) is 13. The number of ether oxygens (including phenoxy) is 2. The molecule has 1 aliphatic rings. The molecule has 14 aromatic rings. The van der Waals surface area contributed by atoms with Crippen LogP contribution in [0.3, 0.4) is 0 Å². The molecule has 124 heavy (non-hydrogen) atoms. The van der Waals surface area contributed by atoms with E-state index >= 15 is 0 Å². The first-order chi connectivity index (χ1) is 59.2. The fourth-order valence-corrected chi connectivity index (χ4v) is 11.0. The Bertz CT molecular complexity index is 5520. The number of rotatable bonds is 18. The Hall–Kier alpha value is -14.6. The number of carbonyl (C=O) groups excluding carboxylic acids is 3. The van der Waals surface area contributed by atoms with Crippen molar-refractivity contribution in [3.8, 4) is 22.7 Å². The molecule has 15 rings (SSSR count). The molecule has 1 aliphatic carbocycles. The zero-order chi connectivity index (χ0) is 89.3. The molecule has 650 valence electrons. The van der Waals surface area contributed by atoms with Crippen molar-refractivity contribution in [2.24, 2.45) is 11.5 Å². The van der Waals surface area contributed by atoms with E-state index in [0.29, 0.717) is 67.2 Å². The van der Waals surface area contributed by atoms with E-state index in [1.165, 1.54) is 209 Å². The lowest BCUT2D eigenvalue weighted by molar-refractivity contribution is 0.0516. The van der Waals surface area contributed by atoms with Crippen molar-refractivity contribution >= 4 is 139 Å². The molecule has 1 fully saturated rings. The molecule has 20 N–H and O–H groups in total. The smallest absolute Gasteiger partial charge is 0.343 e. The molecule has 8 aromatic heterocycles. The molecule has 0 bridgehead atoms. The summed E-state index contributed by atoms with van der Waals surface area (Å²) in [5.74, 6) is -3.38. The minimum Gasteiger partial charge on any atom is -0.462 e. The maximum atomic E-state index is 14.2. The fraction of sp³-hybridized carbons (Fsp3) is 0.171. The van der Waals surface area contributed by atoms with Crippen LogP contribution in [0.25, 0.3) is 22.7 Å². The number of primary amides is 1. The molecular formula is C76H83BrClF6N33O5S2. The van der Waals surface area contributed by atoms with E-state index in [1.54, 1.807) is 32.4 Å². The third-order valence-electron chi connectivity index (χ3n) is 15.3. The molecule has 0 radical (unpaired) electrons. The number of hydrogen-bond acceptors (Lipinski definition) is 34. The molecule has 1 amide bonds. The van der Waals surface area contributed by atoms with E-state index in [0.717, 1.165) is 42.9 Å². The van der Waals surface area contributed by atoms with Crippen LogP contribution in [0.15, 0.2) is 205 Å². The van der Waals surface area contributed by atoms with Gasteiger partial charge in [0.25, 0.3) is 5.91 Å². The number of nitrogens with one attached hydrogen (secondary N) is 6. The summed E-state index contributed by atoms with van der Waals surface area (Å²) in [6, 6.07) is 25.7. The van der Waals surface area contributed by atoms with Gasteiger partial charge in [-0.15, -0.1) is 19.5 Å². The molecule has 1 saturated carbocycles.